The molecule has 1 unspecified atom stereocenters. The molecular weight excluding hydrogens is 320 g/mol. The molecule has 0 heterocycles. The fourth-order valence-electron chi connectivity index (χ4n) is 2.78. The smallest absolute Gasteiger partial charge is 0.123 e. The highest BCUT2D eigenvalue weighted by Crippen LogP contribution is 2.30. The van der Waals surface area contributed by atoms with Gasteiger partial charge in [-0.2, -0.15) is 0 Å². The number of unbranched alkanes of at least 4 members (excludes halogenated alkanes) is 1. The van der Waals surface area contributed by atoms with Crippen molar-refractivity contribution < 1.29 is 9.47 Å². The lowest BCUT2D eigenvalue weighted by Gasteiger charge is -2.15. The number of rotatable bonds is 9. The van der Waals surface area contributed by atoms with Crippen molar-refractivity contribution >= 4 is 22.4 Å². The Hall–Kier alpha value is -1.41. The summed E-state index contributed by atoms with van der Waals surface area (Å²) >= 11 is 6.13. The quantitative estimate of drug-likeness (QED) is 0.380. The molecule has 0 bridgehead atoms. The molecule has 0 aliphatic heterocycles. The Morgan fingerprint density at radius 1 is 1.08 bits per heavy atom. The van der Waals surface area contributed by atoms with Gasteiger partial charge in [0.25, 0.3) is 0 Å². The van der Waals surface area contributed by atoms with Gasteiger partial charge in [-0.25, -0.2) is 0 Å². The molecule has 0 radical (unpaired) electrons. The van der Waals surface area contributed by atoms with Crippen molar-refractivity contribution in [3.05, 3.63) is 35.9 Å². The maximum Gasteiger partial charge on any atom is 0.123 e. The van der Waals surface area contributed by atoms with Crippen molar-refractivity contribution in [2.45, 2.75) is 64.9 Å². The Balaban J connectivity index is 1.96. The van der Waals surface area contributed by atoms with E-state index in [1.807, 2.05) is 26.0 Å². The summed E-state index contributed by atoms with van der Waals surface area (Å²) in [5, 5.41) is 2.71. The largest absolute Gasteiger partial charge is 0.494 e. The van der Waals surface area contributed by atoms with Gasteiger partial charge >= 0.3 is 0 Å². The van der Waals surface area contributed by atoms with Gasteiger partial charge in [-0.15, -0.1) is 11.6 Å². The zero-order chi connectivity index (χ0) is 17.5. The molecule has 2 aromatic rings. The molecule has 132 valence electrons. The van der Waals surface area contributed by atoms with Gasteiger partial charge in [0.05, 0.1) is 12.7 Å². The van der Waals surface area contributed by atoms with Crippen molar-refractivity contribution in [2.24, 2.45) is 0 Å². The Kier molecular flexibility index (Phi) is 7.23. The van der Waals surface area contributed by atoms with E-state index in [0.717, 1.165) is 43.8 Å². The Morgan fingerprint density at radius 2 is 1.88 bits per heavy atom. The van der Waals surface area contributed by atoms with E-state index in [1.54, 1.807) is 0 Å². The topological polar surface area (TPSA) is 18.5 Å². The number of alkyl halides is 1. The third-order valence-electron chi connectivity index (χ3n) is 4.20. The van der Waals surface area contributed by atoms with Gasteiger partial charge in [-0.05, 0) is 81.0 Å². The summed E-state index contributed by atoms with van der Waals surface area (Å²) in [6.45, 7) is 9.08. The van der Waals surface area contributed by atoms with Crippen molar-refractivity contribution in [1.29, 1.82) is 0 Å². The van der Waals surface area contributed by atoms with Gasteiger partial charge in [0, 0.05) is 5.38 Å². The molecule has 0 aromatic heterocycles. The summed E-state index contributed by atoms with van der Waals surface area (Å²) in [4.78, 5) is 0. The standard InChI is InChI=1S/C21H29ClO2/c1-5-18(22)8-6-7-13-23-19-10-11-20-16(4)21(24-15(2)3)12-9-17(20)14-19/h9-12,14-15,18H,5-8,13H2,1-4H3. The van der Waals surface area contributed by atoms with Crippen molar-refractivity contribution in [3.8, 4) is 11.5 Å². The van der Waals surface area contributed by atoms with Gasteiger partial charge in [0.15, 0.2) is 0 Å². The minimum atomic E-state index is 0.184. The van der Waals surface area contributed by atoms with E-state index in [2.05, 4.69) is 32.0 Å². The van der Waals surface area contributed by atoms with Crippen LogP contribution in [0.25, 0.3) is 10.8 Å². The predicted molar refractivity (Wildman–Crippen MR) is 104 cm³/mol. The molecule has 2 aromatic carbocycles. The zero-order valence-electron chi connectivity index (χ0n) is 15.3. The van der Waals surface area contributed by atoms with Crippen LogP contribution in [0.15, 0.2) is 30.3 Å². The number of ether oxygens (including phenoxy) is 2. The Bertz CT molecular complexity index is 652. The van der Waals surface area contributed by atoms with Crippen LogP contribution >= 0.6 is 11.6 Å². The normalized spacial score (nSPS) is 12.6. The van der Waals surface area contributed by atoms with Crippen molar-refractivity contribution in [2.75, 3.05) is 6.61 Å². The molecule has 0 fully saturated rings. The lowest BCUT2D eigenvalue weighted by molar-refractivity contribution is 0.241. The summed E-state index contributed by atoms with van der Waals surface area (Å²) in [6.07, 6.45) is 4.45. The van der Waals surface area contributed by atoms with Crippen molar-refractivity contribution in [1.82, 2.24) is 0 Å². The first-order chi connectivity index (χ1) is 11.5. The molecule has 1 atom stereocenters. The molecule has 24 heavy (non-hydrogen) atoms. The van der Waals surface area contributed by atoms with Crippen LogP contribution in [0.2, 0.25) is 0 Å². The van der Waals surface area contributed by atoms with Crippen molar-refractivity contribution in [3.63, 3.8) is 0 Å². The third-order valence-corrected chi connectivity index (χ3v) is 4.72. The fourth-order valence-corrected chi connectivity index (χ4v) is 2.93. The second-order valence-electron chi connectivity index (χ2n) is 6.59. The summed E-state index contributed by atoms with van der Waals surface area (Å²) in [7, 11) is 0. The maximum absolute atomic E-state index is 6.13. The number of hydrogen-bond acceptors (Lipinski definition) is 2. The average molecular weight is 349 g/mol. The maximum atomic E-state index is 6.13. The third kappa shape index (κ3) is 5.31. The van der Waals surface area contributed by atoms with E-state index in [4.69, 9.17) is 21.1 Å². The highest BCUT2D eigenvalue weighted by atomic mass is 35.5. The van der Waals surface area contributed by atoms with Crippen LogP contribution in [-0.4, -0.2) is 18.1 Å². The van der Waals surface area contributed by atoms with E-state index in [-0.39, 0.29) is 6.10 Å². The van der Waals surface area contributed by atoms with Gasteiger partial charge in [0.2, 0.25) is 0 Å². The number of hydrogen-bond donors (Lipinski definition) is 0. The number of aryl methyl sites for hydroxylation is 1. The number of halogens is 1. The lowest BCUT2D eigenvalue weighted by atomic mass is 10.0. The molecule has 0 N–H and O–H groups in total. The Labute approximate surface area is 151 Å². The molecule has 0 saturated carbocycles. The SMILES string of the molecule is CCC(Cl)CCCCOc1ccc2c(C)c(OC(C)C)ccc2c1. The van der Waals surface area contributed by atoms with Gasteiger partial charge in [-0.1, -0.05) is 19.1 Å². The molecule has 0 aliphatic carbocycles. The molecule has 3 heteroatoms. The summed E-state index contributed by atoms with van der Waals surface area (Å²) in [6, 6.07) is 10.4. The minimum absolute atomic E-state index is 0.184. The van der Waals surface area contributed by atoms with E-state index in [0.29, 0.717) is 5.38 Å². The summed E-state index contributed by atoms with van der Waals surface area (Å²) in [5.41, 5.74) is 1.18. The molecular formula is C21H29ClO2. The van der Waals surface area contributed by atoms with Crippen LogP contribution in [-0.2, 0) is 0 Å². The second kappa shape index (κ2) is 9.17. The minimum Gasteiger partial charge on any atom is -0.494 e. The molecule has 0 saturated heterocycles. The molecule has 0 amide bonds. The number of benzene rings is 2. The first-order valence-electron chi connectivity index (χ1n) is 8.98. The molecule has 0 spiro atoms. The van der Waals surface area contributed by atoms with Crippen LogP contribution in [0.3, 0.4) is 0 Å². The van der Waals surface area contributed by atoms with Crippen LogP contribution < -0.4 is 9.47 Å². The van der Waals surface area contributed by atoms with Gasteiger partial charge in [0.1, 0.15) is 11.5 Å². The van der Waals surface area contributed by atoms with E-state index in [9.17, 15) is 0 Å². The fraction of sp³-hybridized carbons (Fsp3) is 0.524. The summed E-state index contributed by atoms with van der Waals surface area (Å²) < 4.78 is 11.8. The molecule has 2 rings (SSSR count). The molecule has 0 aliphatic rings. The van der Waals surface area contributed by atoms with E-state index < -0.39 is 0 Å². The second-order valence-corrected chi connectivity index (χ2v) is 7.21. The summed E-state index contributed by atoms with van der Waals surface area (Å²) in [5.74, 6) is 1.88. The van der Waals surface area contributed by atoms with E-state index >= 15 is 0 Å². The predicted octanol–water partition coefficient (Wildman–Crippen LogP) is 6.50. The first kappa shape index (κ1) is 18.9. The van der Waals surface area contributed by atoms with Crippen LogP contribution in [0.4, 0.5) is 0 Å². The lowest BCUT2D eigenvalue weighted by Crippen LogP contribution is -2.06. The highest BCUT2D eigenvalue weighted by molar-refractivity contribution is 6.20. The van der Waals surface area contributed by atoms with Crippen LogP contribution in [0.5, 0.6) is 11.5 Å². The van der Waals surface area contributed by atoms with Gasteiger partial charge < -0.3 is 9.47 Å². The Morgan fingerprint density at radius 3 is 2.58 bits per heavy atom. The average Bonchev–Trinajstić information content (AvgIpc) is 2.56. The van der Waals surface area contributed by atoms with Gasteiger partial charge in [-0.3, -0.25) is 0 Å². The first-order valence-corrected chi connectivity index (χ1v) is 9.41. The monoisotopic (exact) mass is 348 g/mol. The zero-order valence-corrected chi connectivity index (χ0v) is 16.0. The van der Waals surface area contributed by atoms with Crippen LogP contribution in [0, 0.1) is 6.92 Å². The van der Waals surface area contributed by atoms with Crippen LogP contribution in [0.1, 0.15) is 52.0 Å². The highest BCUT2D eigenvalue weighted by Gasteiger charge is 2.07. The van der Waals surface area contributed by atoms with E-state index in [1.165, 1.54) is 16.3 Å². The number of fused-ring (bicyclic) bond motifs is 1. The molecule has 2 nitrogen and oxygen atoms in total.